The third-order valence-electron chi connectivity index (χ3n) is 3.13. The number of thioether (sulfide) groups is 1. The maximum atomic E-state index is 11.7. The maximum absolute atomic E-state index is 11.7. The third kappa shape index (κ3) is 14.8. The topological polar surface area (TPSA) is 35.5 Å². The van der Waals surface area contributed by atoms with Gasteiger partial charge in [-0.3, -0.25) is 4.79 Å². The van der Waals surface area contributed by atoms with Gasteiger partial charge in [0.2, 0.25) is 0 Å². The number of rotatable bonds is 15. The van der Waals surface area contributed by atoms with Crippen molar-refractivity contribution in [2.45, 2.75) is 78.2 Å². The van der Waals surface area contributed by atoms with E-state index in [1.807, 2.05) is 13.8 Å². The van der Waals surface area contributed by atoms with Crippen molar-refractivity contribution in [3.63, 3.8) is 0 Å². The molecule has 0 aliphatic carbocycles. The summed E-state index contributed by atoms with van der Waals surface area (Å²) in [6, 6.07) is 1.03. The van der Waals surface area contributed by atoms with E-state index in [1.54, 1.807) is 0 Å². The number of hydrogen-bond acceptors (Lipinski definition) is 4. The molecule has 3 nitrogen and oxygen atoms in total. The monoisotopic (exact) mass is 333 g/mol. The summed E-state index contributed by atoms with van der Waals surface area (Å²) >= 11 is 1.51. The van der Waals surface area contributed by atoms with Gasteiger partial charge < -0.3 is 8.85 Å². The molecule has 1 radical (unpaired) electrons. The van der Waals surface area contributed by atoms with Crippen LogP contribution in [0.4, 0.5) is 0 Å². The Hall–Kier alpha value is 0.157. The van der Waals surface area contributed by atoms with E-state index in [-0.39, 0.29) is 0 Å². The van der Waals surface area contributed by atoms with Gasteiger partial charge in [-0.15, -0.1) is 0 Å². The Balaban J connectivity index is 3.41. The van der Waals surface area contributed by atoms with E-state index in [9.17, 15) is 4.79 Å². The van der Waals surface area contributed by atoms with Gasteiger partial charge in [0.1, 0.15) is 0 Å². The van der Waals surface area contributed by atoms with Crippen molar-refractivity contribution in [2.75, 3.05) is 19.0 Å². The summed E-state index contributed by atoms with van der Waals surface area (Å²) < 4.78 is 11.2. The van der Waals surface area contributed by atoms with E-state index in [2.05, 4.69) is 6.92 Å². The smallest absolute Gasteiger partial charge is 0.384 e. The van der Waals surface area contributed by atoms with E-state index in [1.165, 1.54) is 37.4 Å². The van der Waals surface area contributed by atoms with E-state index >= 15 is 0 Å². The second-order valence-electron chi connectivity index (χ2n) is 5.08. The zero-order chi connectivity index (χ0) is 15.8. The predicted molar refractivity (Wildman–Crippen MR) is 93.9 cm³/mol. The van der Waals surface area contributed by atoms with Crippen LogP contribution in [0.3, 0.4) is 0 Å². The van der Waals surface area contributed by atoms with Gasteiger partial charge in [0, 0.05) is 25.4 Å². The molecule has 0 heterocycles. The SMILES string of the molecule is CCCCCCCC(=O)SCCCC[Si](OCC)OCC. The Bertz CT molecular complexity index is 234. The van der Waals surface area contributed by atoms with E-state index < -0.39 is 9.28 Å². The van der Waals surface area contributed by atoms with Crippen molar-refractivity contribution in [1.29, 1.82) is 0 Å². The summed E-state index contributed by atoms with van der Waals surface area (Å²) in [6.45, 7) is 7.71. The summed E-state index contributed by atoms with van der Waals surface area (Å²) in [5.41, 5.74) is 0. The van der Waals surface area contributed by atoms with Crippen molar-refractivity contribution in [2.24, 2.45) is 0 Å². The molecule has 21 heavy (non-hydrogen) atoms. The normalized spacial score (nSPS) is 11.2. The molecule has 0 fully saturated rings. The lowest BCUT2D eigenvalue weighted by Crippen LogP contribution is -2.22. The maximum Gasteiger partial charge on any atom is 0.384 e. The molecule has 0 aromatic rings. The van der Waals surface area contributed by atoms with Crippen molar-refractivity contribution in [3.8, 4) is 0 Å². The van der Waals surface area contributed by atoms with Gasteiger partial charge in [0.25, 0.3) is 0 Å². The van der Waals surface area contributed by atoms with E-state index in [4.69, 9.17) is 8.85 Å². The highest BCUT2D eigenvalue weighted by Gasteiger charge is 2.13. The molecule has 125 valence electrons. The van der Waals surface area contributed by atoms with Crippen LogP contribution in [0.1, 0.15) is 72.1 Å². The van der Waals surface area contributed by atoms with Crippen molar-refractivity contribution < 1.29 is 13.6 Å². The first kappa shape index (κ1) is 21.2. The van der Waals surface area contributed by atoms with Crippen molar-refractivity contribution in [3.05, 3.63) is 0 Å². The van der Waals surface area contributed by atoms with Gasteiger partial charge in [-0.25, -0.2) is 0 Å². The number of carbonyl (C=O) groups excluding carboxylic acids is 1. The lowest BCUT2D eigenvalue weighted by Gasteiger charge is -2.12. The fourth-order valence-corrected chi connectivity index (χ4v) is 4.43. The fraction of sp³-hybridized carbons (Fsp3) is 0.938. The van der Waals surface area contributed by atoms with E-state index in [0.29, 0.717) is 5.12 Å². The van der Waals surface area contributed by atoms with Gasteiger partial charge in [-0.1, -0.05) is 50.8 Å². The molecular formula is C16H33O3SSi. The predicted octanol–water partition coefficient (Wildman–Crippen LogP) is 4.95. The van der Waals surface area contributed by atoms with Crippen molar-refractivity contribution >= 4 is 26.2 Å². The zero-order valence-corrected chi connectivity index (χ0v) is 15.9. The van der Waals surface area contributed by atoms with Crippen LogP contribution in [0.2, 0.25) is 6.04 Å². The first-order chi connectivity index (χ1) is 10.2. The average molecular weight is 334 g/mol. The van der Waals surface area contributed by atoms with Crippen LogP contribution in [0, 0.1) is 0 Å². The Morgan fingerprint density at radius 3 is 2.19 bits per heavy atom. The van der Waals surface area contributed by atoms with Crippen LogP contribution >= 0.6 is 11.8 Å². The molecule has 0 aromatic heterocycles. The molecule has 0 unspecified atom stereocenters. The van der Waals surface area contributed by atoms with E-state index in [0.717, 1.165) is 50.7 Å². The Labute approximate surface area is 137 Å². The first-order valence-electron chi connectivity index (χ1n) is 8.51. The lowest BCUT2D eigenvalue weighted by atomic mass is 10.1. The molecule has 0 N–H and O–H groups in total. The molecule has 0 amide bonds. The molecule has 5 heteroatoms. The van der Waals surface area contributed by atoms with Crippen LogP contribution in [-0.2, 0) is 13.6 Å². The minimum atomic E-state index is -1.06. The largest absolute Gasteiger partial charge is 0.394 e. The fourth-order valence-electron chi connectivity index (χ4n) is 2.01. The summed E-state index contributed by atoms with van der Waals surface area (Å²) in [5.74, 6) is 0.946. The summed E-state index contributed by atoms with van der Waals surface area (Å²) in [7, 11) is -1.06. The molecule has 0 bridgehead atoms. The molecule has 0 aliphatic rings. The quantitative estimate of drug-likeness (QED) is 0.314. The molecule has 0 saturated heterocycles. The van der Waals surface area contributed by atoms with Gasteiger partial charge in [-0.05, 0) is 32.7 Å². The highest BCUT2D eigenvalue weighted by Crippen LogP contribution is 2.14. The number of carbonyl (C=O) groups is 1. The van der Waals surface area contributed by atoms with Crippen molar-refractivity contribution in [1.82, 2.24) is 0 Å². The molecule has 0 spiro atoms. The van der Waals surface area contributed by atoms with Gasteiger partial charge >= 0.3 is 9.28 Å². The van der Waals surface area contributed by atoms with Crippen LogP contribution in [-0.4, -0.2) is 33.4 Å². The average Bonchev–Trinajstić information content (AvgIpc) is 2.47. The molecule has 0 rings (SSSR count). The number of hydrogen-bond donors (Lipinski definition) is 0. The van der Waals surface area contributed by atoms with Gasteiger partial charge in [0.05, 0.1) is 0 Å². The van der Waals surface area contributed by atoms with Crippen LogP contribution in [0.15, 0.2) is 0 Å². The standard InChI is InChI=1S/C16H33O3SSi/c1-4-7-8-9-10-13-16(17)20-14-11-12-15-21(18-5-2)19-6-3/h4-15H2,1-3H3. The third-order valence-corrected chi connectivity index (χ3v) is 6.14. The summed E-state index contributed by atoms with van der Waals surface area (Å²) in [6.07, 6.45) is 9.03. The summed E-state index contributed by atoms with van der Waals surface area (Å²) in [5, 5.41) is 0.367. The van der Waals surface area contributed by atoms with Crippen LogP contribution in [0.25, 0.3) is 0 Å². The lowest BCUT2D eigenvalue weighted by molar-refractivity contribution is -0.111. The van der Waals surface area contributed by atoms with Gasteiger partial charge in [0.15, 0.2) is 5.12 Å². The first-order valence-corrected chi connectivity index (χ1v) is 11.0. The Morgan fingerprint density at radius 1 is 0.905 bits per heavy atom. The number of unbranched alkanes of at least 4 members (excludes halogenated alkanes) is 5. The molecular weight excluding hydrogens is 300 g/mol. The van der Waals surface area contributed by atoms with Crippen LogP contribution < -0.4 is 0 Å². The summed E-state index contributed by atoms with van der Waals surface area (Å²) in [4.78, 5) is 11.7. The van der Waals surface area contributed by atoms with Gasteiger partial charge in [-0.2, -0.15) is 0 Å². The second kappa shape index (κ2) is 16.5. The highest BCUT2D eigenvalue weighted by atomic mass is 32.2. The second-order valence-corrected chi connectivity index (χ2v) is 8.05. The Kier molecular flexibility index (Phi) is 16.6. The zero-order valence-electron chi connectivity index (χ0n) is 14.1. The molecule has 0 saturated carbocycles. The van der Waals surface area contributed by atoms with Crippen LogP contribution in [0.5, 0.6) is 0 Å². The Morgan fingerprint density at radius 2 is 1.57 bits per heavy atom. The molecule has 0 atom stereocenters. The minimum Gasteiger partial charge on any atom is -0.394 e. The minimum absolute atomic E-state index is 0.367. The highest BCUT2D eigenvalue weighted by molar-refractivity contribution is 8.13. The molecule has 0 aromatic carbocycles. The molecule has 0 aliphatic heterocycles.